The lowest BCUT2D eigenvalue weighted by Gasteiger charge is -2.30. The fraction of sp³-hybridized carbons (Fsp3) is 0.185. The average Bonchev–Trinajstić information content (AvgIpc) is 3.55. The second-order valence-corrected chi connectivity index (χ2v) is 9.47. The van der Waals surface area contributed by atoms with Crippen LogP contribution >= 0.6 is 11.5 Å². The van der Waals surface area contributed by atoms with Crippen molar-refractivity contribution in [3.8, 4) is 11.5 Å². The molecule has 4 aromatic rings. The highest BCUT2D eigenvalue weighted by Crippen LogP contribution is 2.39. The van der Waals surface area contributed by atoms with Gasteiger partial charge in [0.2, 0.25) is 0 Å². The van der Waals surface area contributed by atoms with Gasteiger partial charge in [0, 0.05) is 18.3 Å². The summed E-state index contributed by atoms with van der Waals surface area (Å²) in [5.41, 5.74) is 12.3. The number of benzene rings is 2. The van der Waals surface area contributed by atoms with Crippen molar-refractivity contribution in [1.82, 2.24) is 9.69 Å². The molecule has 3 heterocycles. The Kier molecular flexibility index (Phi) is 7.19. The number of ether oxygens (including phenoxy) is 2. The van der Waals surface area contributed by atoms with E-state index in [1.165, 1.54) is 4.90 Å². The van der Waals surface area contributed by atoms with Gasteiger partial charge in [0.05, 0.1) is 5.69 Å². The maximum Gasteiger partial charge on any atom is 0.273 e. The predicted octanol–water partition coefficient (Wildman–Crippen LogP) is 3.20. The molecule has 3 amide bonds. The molecule has 0 spiro atoms. The van der Waals surface area contributed by atoms with E-state index in [1.807, 2.05) is 30.3 Å². The van der Waals surface area contributed by atoms with Gasteiger partial charge in [-0.25, -0.2) is 0 Å². The van der Waals surface area contributed by atoms with Gasteiger partial charge >= 0.3 is 0 Å². The molecule has 39 heavy (non-hydrogen) atoms. The van der Waals surface area contributed by atoms with Crippen molar-refractivity contribution < 1.29 is 28.3 Å². The Morgan fingerprint density at radius 2 is 1.79 bits per heavy atom. The molecule has 1 aliphatic rings. The van der Waals surface area contributed by atoms with Gasteiger partial charge in [-0.15, -0.1) is 0 Å². The Hall–Kier alpha value is -4.84. The Balaban J connectivity index is 1.61. The average molecular weight is 548 g/mol. The van der Waals surface area contributed by atoms with Gasteiger partial charge in [-0.3, -0.25) is 19.3 Å². The molecular weight excluding hydrogens is 522 g/mol. The number of hydrogen-bond acceptors (Lipinski definition) is 9. The summed E-state index contributed by atoms with van der Waals surface area (Å²) >= 11 is 0.719. The molecule has 0 saturated carbocycles. The quantitative estimate of drug-likeness (QED) is 0.303. The molecule has 0 saturated heterocycles. The zero-order valence-corrected chi connectivity index (χ0v) is 21.7. The molecule has 1 aliphatic heterocycles. The summed E-state index contributed by atoms with van der Waals surface area (Å²) in [6.45, 7) is 2.66. The van der Waals surface area contributed by atoms with E-state index in [9.17, 15) is 14.4 Å². The second-order valence-electron chi connectivity index (χ2n) is 8.70. The molecule has 2 aromatic carbocycles. The molecule has 0 bridgehead atoms. The summed E-state index contributed by atoms with van der Waals surface area (Å²) in [6, 6.07) is 16.3. The number of furan rings is 1. The number of carbonyl (C=O) groups excluding carboxylic acids is 3. The SMILES string of the molecule is Cc1ccc(C(C(=O)NCc2ccccc2)N(C(=O)c2snc(C(N)=O)c2N)c2ccc3c(c2)OCCO3)o1. The van der Waals surface area contributed by atoms with Crippen LogP contribution in [0.2, 0.25) is 0 Å². The highest BCUT2D eigenvalue weighted by Gasteiger charge is 2.38. The van der Waals surface area contributed by atoms with E-state index < -0.39 is 23.8 Å². The van der Waals surface area contributed by atoms with E-state index in [2.05, 4.69) is 9.69 Å². The van der Waals surface area contributed by atoms with Crippen molar-refractivity contribution in [3.05, 3.63) is 88.3 Å². The third kappa shape index (κ3) is 5.27. The van der Waals surface area contributed by atoms with Gasteiger partial charge in [0.25, 0.3) is 17.7 Å². The number of fused-ring (bicyclic) bond motifs is 1. The van der Waals surface area contributed by atoms with Crippen LogP contribution < -0.4 is 31.2 Å². The minimum atomic E-state index is -1.25. The van der Waals surface area contributed by atoms with E-state index in [0.29, 0.717) is 36.2 Å². The van der Waals surface area contributed by atoms with Crippen LogP contribution in [0.5, 0.6) is 11.5 Å². The first-order valence-corrected chi connectivity index (χ1v) is 12.8. The fourth-order valence-corrected chi connectivity index (χ4v) is 4.90. The second kappa shape index (κ2) is 10.9. The number of aromatic nitrogens is 1. The first-order chi connectivity index (χ1) is 18.8. The van der Waals surface area contributed by atoms with Crippen LogP contribution in [0.3, 0.4) is 0 Å². The van der Waals surface area contributed by atoms with Crippen molar-refractivity contribution in [2.75, 3.05) is 23.8 Å². The monoisotopic (exact) mass is 547 g/mol. The first kappa shape index (κ1) is 25.8. The maximum absolute atomic E-state index is 14.1. The number of nitrogen functional groups attached to an aromatic ring is 1. The van der Waals surface area contributed by atoms with Gasteiger partial charge in [0.15, 0.2) is 23.2 Å². The zero-order valence-electron chi connectivity index (χ0n) is 20.9. The Morgan fingerprint density at radius 3 is 2.46 bits per heavy atom. The first-order valence-electron chi connectivity index (χ1n) is 12.0. The van der Waals surface area contributed by atoms with Gasteiger partial charge in [-0.2, -0.15) is 4.37 Å². The van der Waals surface area contributed by atoms with Gasteiger partial charge in [-0.1, -0.05) is 30.3 Å². The minimum Gasteiger partial charge on any atom is -0.486 e. The molecule has 0 radical (unpaired) electrons. The van der Waals surface area contributed by atoms with Crippen LogP contribution in [-0.4, -0.2) is 35.3 Å². The van der Waals surface area contributed by atoms with Crippen LogP contribution in [0.4, 0.5) is 11.4 Å². The molecule has 5 rings (SSSR count). The van der Waals surface area contributed by atoms with Crippen molar-refractivity contribution in [2.45, 2.75) is 19.5 Å². The molecule has 11 nitrogen and oxygen atoms in total. The topological polar surface area (TPSA) is 163 Å². The summed E-state index contributed by atoms with van der Waals surface area (Å²) in [7, 11) is 0. The summed E-state index contributed by atoms with van der Waals surface area (Å²) in [4.78, 5) is 41.0. The van der Waals surface area contributed by atoms with Gasteiger partial charge < -0.3 is 30.7 Å². The number of carbonyl (C=O) groups is 3. The normalized spacial score (nSPS) is 12.9. The number of aryl methyl sites for hydroxylation is 1. The van der Waals surface area contributed by atoms with Crippen LogP contribution in [0, 0.1) is 6.92 Å². The number of nitrogens with one attached hydrogen (secondary N) is 1. The van der Waals surface area contributed by atoms with Crippen LogP contribution in [0.1, 0.15) is 43.3 Å². The third-order valence-electron chi connectivity index (χ3n) is 6.03. The lowest BCUT2D eigenvalue weighted by atomic mass is 10.1. The third-order valence-corrected chi connectivity index (χ3v) is 6.88. The number of nitrogens with zero attached hydrogens (tertiary/aromatic N) is 2. The van der Waals surface area contributed by atoms with E-state index in [4.69, 9.17) is 25.4 Å². The Bertz CT molecular complexity index is 1530. The van der Waals surface area contributed by atoms with Crippen LogP contribution in [0.15, 0.2) is 65.1 Å². The summed E-state index contributed by atoms with van der Waals surface area (Å²) in [6.07, 6.45) is 0. The zero-order chi connectivity index (χ0) is 27.5. The highest BCUT2D eigenvalue weighted by atomic mass is 32.1. The van der Waals surface area contributed by atoms with Crippen molar-refractivity contribution in [1.29, 1.82) is 0 Å². The van der Waals surface area contributed by atoms with E-state index >= 15 is 0 Å². The number of rotatable bonds is 8. The molecule has 1 atom stereocenters. The molecule has 2 aromatic heterocycles. The lowest BCUT2D eigenvalue weighted by molar-refractivity contribution is -0.123. The molecule has 1 unspecified atom stereocenters. The predicted molar refractivity (Wildman–Crippen MR) is 144 cm³/mol. The standard InChI is InChI=1S/C27H25N5O6S/c1-15-7-9-19(38-15)23(26(34)30-14-16-5-3-2-4-6-16)32(17-8-10-18-20(13-17)37-12-11-36-18)27(35)24-21(28)22(25(29)33)31-39-24/h2-10,13,23H,11-12,14,28H2,1H3,(H2,29,33)(H,30,34). The van der Waals surface area contributed by atoms with Crippen LogP contribution in [-0.2, 0) is 11.3 Å². The van der Waals surface area contributed by atoms with E-state index in [1.54, 1.807) is 37.3 Å². The lowest BCUT2D eigenvalue weighted by Crippen LogP contribution is -2.43. The fourth-order valence-electron chi connectivity index (χ4n) is 4.16. The summed E-state index contributed by atoms with van der Waals surface area (Å²) < 4.78 is 21.2. The van der Waals surface area contributed by atoms with Crippen molar-refractivity contribution in [3.63, 3.8) is 0 Å². The minimum absolute atomic E-state index is 0.0529. The van der Waals surface area contributed by atoms with E-state index in [0.717, 1.165) is 17.1 Å². The Morgan fingerprint density at radius 1 is 1.05 bits per heavy atom. The largest absolute Gasteiger partial charge is 0.486 e. The number of nitrogens with two attached hydrogens (primary N) is 2. The molecular formula is C27H25N5O6S. The van der Waals surface area contributed by atoms with Gasteiger partial charge in [-0.05, 0) is 48.3 Å². The van der Waals surface area contributed by atoms with Crippen molar-refractivity contribution in [2.24, 2.45) is 5.73 Å². The molecule has 0 aliphatic carbocycles. The highest BCUT2D eigenvalue weighted by molar-refractivity contribution is 7.09. The molecule has 0 fully saturated rings. The Labute approximate surface area is 227 Å². The van der Waals surface area contributed by atoms with Gasteiger partial charge in [0.1, 0.15) is 29.6 Å². The van der Waals surface area contributed by atoms with E-state index in [-0.39, 0.29) is 28.6 Å². The molecule has 5 N–H and O–H groups in total. The number of anilines is 2. The summed E-state index contributed by atoms with van der Waals surface area (Å²) in [5, 5.41) is 2.90. The number of amides is 3. The summed E-state index contributed by atoms with van der Waals surface area (Å²) in [5.74, 6) is -0.367. The molecule has 200 valence electrons. The van der Waals surface area contributed by atoms with Crippen molar-refractivity contribution >= 4 is 40.6 Å². The number of hydrogen-bond donors (Lipinski definition) is 3. The maximum atomic E-state index is 14.1. The van der Waals surface area contributed by atoms with Crippen LogP contribution in [0.25, 0.3) is 0 Å². The molecule has 12 heteroatoms. The smallest absolute Gasteiger partial charge is 0.273 e. The number of primary amides is 1.